The predicted molar refractivity (Wildman–Crippen MR) is 77.8 cm³/mol. The fourth-order valence-corrected chi connectivity index (χ4v) is 2.97. The first-order chi connectivity index (χ1) is 9.13. The van der Waals surface area contributed by atoms with Crippen LogP contribution in [0.1, 0.15) is 25.8 Å². The Morgan fingerprint density at radius 2 is 2.11 bits per heavy atom. The van der Waals surface area contributed by atoms with Crippen LogP contribution in [0.25, 0.3) is 0 Å². The van der Waals surface area contributed by atoms with Crippen LogP contribution in [0.4, 0.5) is 0 Å². The summed E-state index contributed by atoms with van der Waals surface area (Å²) in [7, 11) is 2.19. The molecule has 19 heavy (non-hydrogen) atoms. The van der Waals surface area contributed by atoms with Gasteiger partial charge in [-0.25, -0.2) is 9.97 Å². The third-order valence-electron chi connectivity index (χ3n) is 3.63. The smallest absolute Gasteiger partial charge is 0.115 e. The molecule has 4 heteroatoms. The topological polar surface area (TPSA) is 32.3 Å². The van der Waals surface area contributed by atoms with Gasteiger partial charge in [0.1, 0.15) is 6.33 Å². The molecule has 1 aromatic heterocycles. The summed E-state index contributed by atoms with van der Waals surface area (Å²) in [4.78, 5) is 13.1. The van der Waals surface area contributed by atoms with E-state index in [1.54, 1.807) is 6.33 Å². The van der Waals surface area contributed by atoms with E-state index in [0.717, 1.165) is 18.4 Å². The monoisotopic (exact) mass is 262 g/mol. The lowest BCUT2D eigenvalue weighted by Gasteiger charge is -2.22. The molecule has 1 fully saturated rings. The van der Waals surface area contributed by atoms with E-state index >= 15 is 0 Å². The maximum atomic E-state index is 4.07. The fraction of sp³-hybridized carbons (Fsp3) is 0.733. The highest BCUT2D eigenvalue weighted by Crippen LogP contribution is 2.18. The van der Waals surface area contributed by atoms with E-state index in [9.17, 15) is 0 Å². The molecule has 0 bridgehead atoms. The quantitative estimate of drug-likeness (QED) is 0.783. The summed E-state index contributed by atoms with van der Waals surface area (Å²) in [6.45, 7) is 10.5. The summed E-state index contributed by atoms with van der Waals surface area (Å²) in [5, 5.41) is 0. The highest BCUT2D eigenvalue weighted by Gasteiger charge is 2.23. The number of hydrogen-bond acceptors (Lipinski definition) is 4. The van der Waals surface area contributed by atoms with Gasteiger partial charge in [-0.15, -0.1) is 0 Å². The van der Waals surface area contributed by atoms with Crippen molar-refractivity contribution in [3.8, 4) is 0 Å². The molecular formula is C15H26N4. The zero-order valence-corrected chi connectivity index (χ0v) is 12.4. The largest absolute Gasteiger partial charge is 0.303 e. The van der Waals surface area contributed by atoms with Crippen molar-refractivity contribution in [3.05, 3.63) is 24.3 Å². The van der Waals surface area contributed by atoms with Gasteiger partial charge in [-0.05, 0) is 31.8 Å². The molecule has 0 amide bonds. The van der Waals surface area contributed by atoms with Crippen LogP contribution in [0.2, 0.25) is 0 Å². The van der Waals surface area contributed by atoms with E-state index in [2.05, 4.69) is 40.7 Å². The van der Waals surface area contributed by atoms with Crippen molar-refractivity contribution in [1.82, 2.24) is 19.8 Å². The molecule has 1 aliphatic heterocycles. The van der Waals surface area contributed by atoms with E-state index in [4.69, 9.17) is 0 Å². The SMILES string of the molecule is CC(C)CN1CCC(CN(C)Cc2cncnc2)C1. The van der Waals surface area contributed by atoms with Crippen molar-refractivity contribution < 1.29 is 0 Å². The second-order valence-corrected chi connectivity index (χ2v) is 6.25. The molecule has 0 saturated carbocycles. The van der Waals surface area contributed by atoms with Gasteiger partial charge in [-0.3, -0.25) is 0 Å². The van der Waals surface area contributed by atoms with Crippen LogP contribution >= 0.6 is 0 Å². The number of aromatic nitrogens is 2. The second-order valence-electron chi connectivity index (χ2n) is 6.25. The Balaban J connectivity index is 1.73. The maximum absolute atomic E-state index is 4.07. The number of likely N-dealkylation sites (tertiary alicyclic amines) is 1. The number of hydrogen-bond donors (Lipinski definition) is 0. The lowest BCUT2D eigenvalue weighted by molar-refractivity contribution is 0.246. The Labute approximate surface area is 116 Å². The van der Waals surface area contributed by atoms with Gasteiger partial charge in [0.15, 0.2) is 0 Å². The Hall–Kier alpha value is -1.00. The van der Waals surface area contributed by atoms with Crippen molar-refractivity contribution in [1.29, 1.82) is 0 Å². The maximum Gasteiger partial charge on any atom is 0.115 e. The number of nitrogens with zero attached hydrogens (tertiary/aromatic N) is 4. The van der Waals surface area contributed by atoms with Crippen LogP contribution in [0.3, 0.4) is 0 Å². The summed E-state index contributed by atoms with van der Waals surface area (Å²) in [5.74, 6) is 1.59. The van der Waals surface area contributed by atoms with Gasteiger partial charge in [0, 0.05) is 44.1 Å². The summed E-state index contributed by atoms with van der Waals surface area (Å²) in [6, 6.07) is 0. The molecule has 0 spiro atoms. The Morgan fingerprint density at radius 1 is 1.37 bits per heavy atom. The van der Waals surface area contributed by atoms with Crippen molar-refractivity contribution in [2.45, 2.75) is 26.8 Å². The Bertz CT molecular complexity index is 366. The summed E-state index contributed by atoms with van der Waals surface area (Å²) in [5.41, 5.74) is 1.20. The molecule has 1 atom stereocenters. The highest BCUT2D eigenvalue weighted by molar-refractivity contribution is 5.01. The van der Waals surface area contributed by atoms with Crippen molar-refractivity contribution in [2.75, 3.05) is 33.2 Å². The van der Waals surface area contributed by atoms with E-state index in [-0.39, 0.29) is 0 Å². The van der Waals surface area contributed by atoms with Crippen LogP contribution in [0.5, 0.6) is 0 Å². The molecule has 0 aromatic carbocycles. The van der Waals surface area contributed by atoms with Gasteiger partial charge in [-0.2, -0.15) is 0 Å². The Kier molecular flexibility index (Phi) is 5.28. The molecule has 0 aliphatic carbocycles. The first-order valence-corrected chi connectivity index (χ1v) is 7.28. The second kappa shape index (κ2) is 6.96. The first kappa shape index (κ1) is 14.4. The van der Waals surface area contributed by atoms with Crippen LogP contribution in [-0.4, -0.2) is 53.0 Å². The minimum atomic E-state index is 0.776. The zero-order chi connectivity index (χ0) is 13.7. The van der Waals surface area contributed by atoms with E-state index in [0.29, 0.717) is 0 Å². The minimum absolute atomic E-state index is 0.776. The van der Waals surface area contributed by atoms with Crippen LogP contribution in [0.15, 0.2) is 18.7 Å². The van der Waals surface area contributed by atoms with Gasteiger partial charge in [0.25, 0.3) is 0 Å². The lowest BCUT2D eigenvalue weighted by atomic mass is 10.1. The molecule has 1 saturated heterocycles. The normalized spacial score (nSPS) is 20.6. The third-order valence-corrected chi connectivity index (χ3v) is 3.63. The molecule has 0 N–H and O–H groups in total. The van der Waals surface area contributed by atoms with Crippen LogP contribution in [-0.2, 0) is 6.54 Å². The summed E-state index contributed by atoms with van der Waals surface area (Å²) < 4.78 is 0. The molecule has 2 rings (SSSR count). The molecule has 2 heterocycles. The lowest BCUT2D eigenvalue weighted by Crippen LogP contribution is -2.29. The average Bonchev–Trinajstić information content (AvgIpc) is 2.76. The van der Waals surface area contributed by atoms with E-state index in [1.165, 1.54) is 38.2 Å². The molecule has 1 aromatic rings. The molecule has 106 valence electrons. The van der Waals surface area contributed by atoms with E-state index in [1.807, 2.05) is 12.4 Å². The fourth-order valence-electron chi connectivity index (χ4n) is 2.97. The number of rotatable bonds is 6. The Morgan fingerprint density at radius 3 is 2.79 bits per heavy atom. The highest BCUT2D eigenvalue weighted by atomic mass is 15.2. The molecular weight excluding hydrogens is 236 g/mol. The minimum Gasteiger partial charge on any atom is -0.303 e. The standard InChI is InChI=1S/C15H26N4/c1-13(2)8-19-5-4-14(11-19)9-18(3)10-15-6-16-12-17-7-15/h6-7,12-14H,4-5,8-11H2,1-3H3. The average molecular weight is 262 g/mol. The van der Waals surface area contributed by atoms with E-state index < -0.39 is 0 Å². The molecule has 0 radical (unpaired) electrons. The van der Waals surface area contributed by atoms with Gasteiger partial charge in [0.2, 0.25) is 0 Å². The predicted octanol–water partition coefficient (Wildman–Crippen LogP) is 1.89. The van der Waals surface area contributed by atoms with Crippen LogP contribution in [0, 0.1) is 11.8 Å². The third kappa shape index (κ3) is 4.88. The van der Waals surface area contributed by atoms with Gasteiger partial charge < -0.3 is 9.80 Å². The first-order valence-electron chi connectivity index (χ1n) is 7.28. The zero-order valence-electron chi connectivity index (χ0n) is 12.4. The van der Waals surface area contributed by atoms with Crippen molar-refractivity contribution in [2.24, 2.45) is 11.8 Å². The molecule has 4 nitrogen and oxygen atoms in total. The van der Waals surface area contributed by atoms with Gasteiger partial charge in [0.05, 0.1) is 0 Å². The molecule has 1 unspecified atom stereocenters. The van der Waals surface area contributed by atoms with Gasteiger partial charge in [-0.1, -0.05) is 13.8 Å². The van der Waals surface area contributed by atoms with Crippen molar-refractivity contribution >= 4 is 0 Å². The van der Waals surface area contributed by atoms with Gasteiger partial charge >= 0.3 is 0 Å². The van der Waals surface area contributed by atoms with Crippen LogP contribution < -0.4 is 0 Å². The summed E-state index contributed by atoms with van der Waals surface area (Å²) >= 11 is 0. The van der Waals surface area contributed by atoms with Crippen molar-refractivity contribution in [3.63, 3.8) is 0 Å². The molecule has 1 aliphatic rings. The summed E-state index contributed by atoms with van der Waals surface area (Å²) in [6.07, 6.45) is 6.74.